The zero-order valence-corrected chi connectivity index (χ0v) is 18.1. The van der Waals surface area contributed by atoms with Crippen LogP contribution in [0, 0.1) is 13.8 Å². The summed E-state index contributed by atoms with van der Waals surface area (Å²) in [6.45, 7) is 3.76. The van der Waals surface area contributed by atoms with E-state index in [9.17, 15) is 14.4 Å². The van der Waals surface area contributed by atoms with Crippen LogP contribution in [0.1, 0.15) is 27.9 Å². The number of rotatable bonds is 6. The van der Waals surface area contributed by atoms with Gasteiger partial charge in [0, 0.05) is 6.42 Å². The molecule has 32 heavy (non-hydrogen) atoms. The summed E-state index contributed by atoms with van der Waals surface area (Å²) in [4.78, 5) is 38.0. The van der Waals surface area contributed by atoms with Crippen molar-refractivity contribution in [3.05, 3.63) is 65.2 Å². The Bertz CT molecular complexity index is 989. The Kier molecular flexibility index (Phi) is 6.41. The lowest BCUT2D eigenvalue weighted by Gasteiger charge is -2.31. The van der Waals surface area contributed by atoms with Crippen LogP contribution in [0.2, 0.25) is 0 Å². The number of aryl methyl sites for hydroxylation is 2. The lowest BCUT2D eigenvalue weighted by atomic mass is 10.1. The van der Waals surface area contributed by atoms with Crippen LogP contribution < -0.4 is 10.1 Å². The van der Waals surface area contributed by atoms with Crippen LogP contribution in [0.3, 0.4) is 0 Å². The smallest absolute Gasteiger partial charge is 0.338 e. The molecule has 168 valence electrons. The minimum absolute atomic E-state index is 0.0338. The van der Waals surface area contributed by atoms with Crippen LogP contribution >= 0.6 is 0 Å². The molecule has 2 saturated heterocycles. The third-order valence-electron chi connectivity index (χ3n) is 5.57. The monoisotopic (exact) mass is 438 g/mol. The van der Waals surface area contributed by atoms with Crippen molar-refractivity contribution in [1.29, 1.82) is 0 Å². The normalized spacial score (nSPS) is 23.1. The predicted octanol–water partition coefficient (Wildman–Crippen LogP) is 1.98. The number of nitrogens with zero attached hydrogens (tertiary/aromatic N) is 1. The highest BCUT2D eigenvalue weighted by atomic mass is 16.6. The number of benzene rings is 2. The molecule has 8 nitrogen and oxygen atoms in total. The molecule has 4 rings (SSSR count). The van der Waals surface area contributed by atoms with Crippen molar-refractivity contribution in [3.8, 4) is 5.75 Å². The van der Waals surface area contributed by atoms with Crippen LogP contribution in [0.15, 0.2) is 48.5 Å². The molecule has 0 saturated carbocycles. The van der Waals surface area contributed by atoms with Crippen LogP contribution in [-0.2, 0) is 19.1 Å². The first kappa shape index (κ1) is 21.8. The number of esters is 1. The average Bonchev–Trinajstić information content (AvgIpc) is 3.18. The van der Waals surface area contributed by atoms with Gasteiger partial charge >= 0.3 is 5.97 Å². The van der Waals surface area contributed by atoms with Gasteiger partial charge in [0.1, 0.15) is 37.3 Å². The summed E-state index contributed by atoms with van der Waals surface area (Å²) in [6, 6.07) is 14.7. The fraction of sp³-hybridized carbons (Fsp3) is 0.375. The second kappa shape index (κ2) is 9.40. The van der Waals surface area contributed by atoms with Crippen molar-refractivity contribution in [2.45, 2.75) is 38.7 Å². The third-order valence-corrected chi connectivity index (χ3v) is 5.57. The molecular formula is C24H26N2O6. The van der Waals surface area contributed by atoms with Gasteiger partial charge in [-0.15, -0.1) is 0 Å². The maximum atomic E-state index is 12.5. The Balaban J connectivity index is 1.46. The summed E-state index contributed by atoms with van der Waals surface area (Å²) in [5, 5.41) is 2.53. The molecule has 0 radical (unpaired) electrons. The standard InChI is InChI=1S/C24H26N2O6/c1-15-3-7-17(8-4-15)24(29)30-14-20-19(31-18-9-5-16(2)6-10-18)11-23(32-20)26-13-21(27)25-12-22(26)28/h3-10,19-20,23H,11-14H2,1-2H3,(H,25,27)/t19-,20+,23+/m0/s1. The highest BCUT2D eigenvalue weighted by Gasteiger charge is 2.43. The Morgan fingerprint density at radius 2 is 1.72 bits per heavy atom. The third kappa shape index (κ3) is 5.08. The molecule has 2 amide bonds. The zero-order valence-electron chi connectivity index (χ0n) is 18.1. The molecule has 0 unspecified atom stereocenters. The number of carbonyl (C=O) groups excluding carboxylic acids is 3. The van der Waals surface area contributed by atoms with Gasteiger partial charge in [0.15, 0.2) is 0 Å². The number of hydrogen-bond donors (Lipinski definition) is 1. The Morgan fingerprint density at radius 1 is 1.06 bits per heavy atom. The highest BCUT2D eigenvalue weighted by Crippen LogP contribution is 2.29. The van der Waals surface area contributed by atoms with Crippen LogP contribution in [-0.4, -0.2) is 60.8 Å². The van der Waals surface area contributed by atoms with E-state index in [1.165, 1.54) is 4.90 Å². The van der Waals surface area contributed by atoms with E-state index in [0.29, 0.717) is 17.7 Å². The molecule has 0 aromatic heterocycles. The highest BCUT2D eigenvalue weighted by molar-refractivity contribution is 5.92. The van der Waals surface area contributed by atoms with Gasteiger partial charge in [-0.2, -0.15) is 0 Å². The van der Waals surface area contributed by atoms with E-state index in [2.05, 4.69) is 5.32 Å². The topological polar surface area (TPSA) is 94.2 Å². The number of ether oxygens (including phenoxy) is 3. The molecule has 0 bridgehead atoms. The molecule has 0 aliphatic carbocycles. The quantitative estimate of drug-likeness (QED) is 0.694. The molecule has 2 aliphatic rings. The molecular weight excluding hydrogens is 412 g/mol. The van der Waals surface area contributed by atoms with Gasteiger partial charge in [-0.3, -0.25) is 9.59 Å². The van der Waals surface area contributed by atoms with E-state index in [0.717, 1.165) is 11.1 Å². The Morgan fingerprint density at radius 3 is 2.41 bits per heavy atom. The summed E-state index contributed by atoms with van der Waals surface area (Å²) in [6.07, 6.45) is -1.31. The van der Waals surface area contributed by atoms with Gasteiger partial charge in [0.25, 0.3) is 0 Å². The number of hydrogen-bond acceptors (Lipinski definition) is 6. The van der Waals surface area contributed by atoms with Gasteiger partial charge < -0.3 is 24.4 Å². The molecule has 1 N–H and O–H groups in total. The van der Waals surface area contributed by atoms with Crippen molar-refractivity contribution in [2.75, 3.05) is 19.7 Å². The number of piperazine rings is 1. The molecule has 2 aromatic carbocycles. The van der Waals surface area contributed by atoms with Crippen molar-refractivity contribution in [3.63, 3.8) is 0 Å². The van der Waals surface area contributed by atoms with E-state index in [4.69, 9.17) is 14.2 Å². The zero-order chi connectivity index (χ0) is 22.7. The molecule has 2 aromatic rings. The lowest BCUT2D eigenvalue weighted by Crippen LogP contribution is -2.55. The fourth-order valence-corrected chi connectivity index (χ4v) is 3.73. The first-order chi connectivity index (χ1) is 15.4. The second-order valence-corrected chi connectivity index (χ2v) is 8.10. The van der Waals surface area contributed by atoms with E-state index in [-0.39, 0.29) is 31.5 Å². The van der Waals surface area contributed by atoms with Crippen LogP contribution in [0.5, 0.6) is 5.75 Å². The number of nitrogens with one attached hydrogen (secondary N) is 1. The second-order valence-electron chi connectivity index (χ2n) is 8.10. The minimum Gasteiger partial charge on any atom is -0.487 e. The van der Waals surface area contributed by atoms with Crippen molar-refractivity contribution < 1.29 is 28.6 Å². The van der Waals surface area contributed by atoms with Gasteiger partial charge in [-0.05, 0) is 38.1 Å². The maximum absolute atomic E-state index is 12.5. The van der Waals surface area contributed by atoms with E-state index in [1.807, 2.05) is 50.2 Å². The maximum Gasteiger partial charge on any atom is 0.338 e. The fourth-order valence-electron chi connectivity index (χ4n) is 3.73. The van der Waals surface area contributed by atoms with Crippen molar-refractivity contribution >= 4 is 17.8 Å². The molecule has 0 spiro atoms. The van der Waals surface area contributed by atoms with Gasteiger partial charge in [-0.25, -0.2) is 4.79 Å². The Labute approximate surface area is 186 Å². The SMILES string of the molecule is Cc1ccc(O[C@H]2C[C@H](N3CC(=O)NCC3=O)O[C@@H]2COC(=O)c2ccc(C)cc2)cc1. The summed E-state index contributed by atoms with van der Waals surface area (Å²) in [5.41, 5.74) is 2.60. The summed E-state index contributed by atoms with van der Waals surface area (Å²) in [5.74, 6) is -0.263. The summed E-state index contributed by atoms with van der Waals surface area (Å²) in [7, 11) is 0. The largest absolute Gasteiger partial charge is 0.487 e. The van der Waals surface area contributed by atoms with E-state index >= 15 is 0 Å². The summed E-state index contributed by atoms with van der Waals surface area (Å²) < 4.78 is 17.7. The first-order valence-electron chi connectivity index (χ1n) is 10.6. The number of carbonyl (C=O) groups is 3. The lowest BCUT2D eigenvalue weighted by molar-refractivity contribution is -0.155. The first-order valence-corrected chi connectivity index (χ1v) is 10.6. The van der Waals surface area contributed by atoms with E-state index in [1.54, 1.807) is 12.1 Å². The molecule has 2 aliphatic heterocycles. The molecule has 8 heteroatoms. The molecule has 3 atom stereocenters. The van der Waals surface area contributed by atoms with Crippen molar-refractivity contribution in [2.24, 2.45) is 0 Å². The van der Waals surface area contributed by atoms with Gasteiger partial charge in [0.05, 0.1) is 12.1 Å². The van der Waals surface area contributed by atoms with Crippen LogP contribution in [0.25, 0.3) is 0 Å². The predicted molar refractivity (Wildman–Crippen MR) is 115 cm³/mol. The van der Waals surface area contributed by atoms with Crippen LogP contribution in [0.4, 0.5) is 0 Å². The van der Waals surface area contributed by atoms with Crippen molar-refractivity contribution in [1.82, 2.24) is 10.2 Å². The number of amides is 2. The minimum atomic E-state index is -0.632. The average molecular weight is 438 g/mol. The Hall–Kier alpha value is -3.39. The molecule has 2 heterocycles. The summed E-state index contributed by atoms with van der Waals surface area (Å²) >= 11 is 0. The molecule has 2 fully saturated rings. The van der Waals surface area contributed by atoms with E-state index < -0.39 is 24.4 Å². The van der Waals surface area contributed by atoms with Gasteiger partial charge in [-0.1, -0.05) is 35.4 Å². The van der Waals surface area contributed by atoms with Gasteiger partial charge in [0.2, 0.25) is 11.8 Å².